The Labute approximate surface area is 98.5 Å². The number of nitrogens with two attached hydrogens (primary N) is 1. The van der Waals surface area contributed by atoms with Gasteiger partial charge in [0.15, 0.2) is 0 Å². The molecule has 0 radical (unpaired) electrons. The molecule has 0 aliphatic carbocycles. The van der Waals surface area contributed by atoms with E-state index in [0.717, 1.165) is 10.5 Å². The predicted molar refractivity (Wildman–Crippen MR) is 63.5 cm³/mol. The zero-order valence-electron chi connectivity index (χ0n) is 9.44. The second-order valence-corrected chi connectivity index (χ2v) is 3.61. The van der Waals surface area contributed by atoms with Gasteiger partial charge < -0.3 is 10.6 Å². The molecule has 1 aromatic carbocycles. The molecule has 1 amide bonds. The molecule has 0 bridgehead atoms. The molecule has 0 aromatic heterocycles. The van der Waals surface area contributed by atoms with Crippen molar-refractivity contribution in [3.05, 3.63) is 35.9 Å². The van der Waals surface area contributed by atoms with Gasteiger partial charge >= 0.3 is 0 Å². The zero-order chi connectivity index (χ0) is 12.8. The number of nitrogen functional groups attached to an aromatic ring is 1. The molecule has 0 aliphatic rings. The summed E-state index contributed by atoms with van der Waals surface area (Å²) in [7, 11) is 1.33. The van der Waals surface area contributed by atoms with Crippen molar-refractivity contribution in [3.8, 4) is 0 Å². The van der Waals surface area contributed by atoms with Gasteiger partial charge in [-0.2, -0.15) is 0 Å². The Kier molecular flexibility index (Phi) is 4.63. The van der Waals surface area contributed by atoms with Crippen molar-refractivity contribution in [2.24, 2.45) is 0 Å². The first-order chi connectivity index (χ1) is 7.99. The van der Waals surface area contributed by atoms with E-state index >= 15 is 0 Å². The van der Waals surface area contributed by atoms with Crippen LogP contribution in [0.1, 0.15) is 5.56 Å². The van der Waals surface area contributed by atoms with Crippen LogP contribution in [0.5, 0.6) is 0 Å². The molecule has 92 valence electrons. The second kappa shape index (κ2) is 5.98. The molecule has 5 heteroatoms. The third kappa shape index (κ3) is 4.63. The van der Waals surface area contributed by atoms with E-state index in [2.05, 4.69) is 0 Å². The highest BCUT2D eigenvalue weighted by molar-refractivity contribution is 5.91. The molecule has 0 saturated carbocycles. The van der Waals surface area contributed by atoms with Gasteiger partial charge in [0.25, 0.3) is 6.43 Å². The Balaban J connectivity index is 2.62. The van der Waals surface area contributed by atoms with E-state index < -0.39 is 18.9 Å². The maximum atomic E-state index is 12.0. The first-order valence-corrected chi connectivity index (χ1v) is 5.06. The Bertz CT molecular complexity index is 419. The first-order valence-electron chi connectivity index (χ1n) is 5.06. The largest absolute Gasteiger partial charge is 0.399 e. The number of benzene rings is 1. The van der Waals surface area contributed by atoms with Crippen molar-refractivity contribution in [1.29, 1.82) is 0 Å². The van der Waals surface area contributed by atoms with E-state index in [0.29, 0.717) is 5.69 Å². The summed E-state index contributed by atoms with van der Waals surface area (Å²) in [5, 5.41) is 0. The van der Waals surface area contributed by atoms with Gasteiger partial charge in [-0.15, -0.1) is 0 Å². The van der Waals surface area contributed by atoms with Crippen LogP contribution in [0.15, 0.2) is 30.3 Å². The average molecular weight is 240 g/mol. The van der Waals surface area contributed by atoms with Crippen LogP contribution in [-0.2, 0) is 4.79 Å². The topological polar surface area (TPSA) is 46.3 Å². The van der Waals surface area contributed by atoms with Gasteiger partial charge in [0.2, 0.25) is 5.91 Å². The monoisotopic (exact) mass is 240 g/mol. The summed E-state index contributed by atoms with van der Waals surface area (Å²) in [6.07, 6.45) is 0.266. The standard InChI is InChI=1S/C12H14F2N2O/c1-16(8-11(13)14)12(17)6-5-9-3-2-4-10(15)7-9/h2-7,11H,8,15H2,1H3/b6-5+. The van der Waals surface area contributed by atoms with Crippen molar-refractivity contribution >= 4 is 17.7 Å². The molecular weight excluding hydrogens is 226 g/mol. The van der Waals surface area contributed by atoms with Gasteiger partial charge in [-0.05, 0) is 23.8 Å². The third-order valence-corrected chi connectivity index (χ3v) is 2.12. The molecular formula is C12H14F2N2O. The molecule has 1 rings (SSSR count). The van der Waals surface area contributed by atoms with Crippen LogP contribution in [0.3, 0.4) is 0 Å². The van der Waals surface area contributed by atoms with Crippen molar-refractivity contribution in [2.75, 3.05) is 19.3 Å². The summed E-state index contributed by atoms with van der Waals surface area (Å²) in [5.41, 5.74) is 6.90. The summed E-state index contributed by atoms with van der Waals surface area (Å²) < 4.78 is 24.1. The lowest BCUT2D eigenvalue weighted by Crippen LogP contribution is -2.29. The Morgan fingerprint density at radius 1 is 1.53 bits per heavy atom. The van der Waals surface area contributed by atoms with Crippen molar-refractivity contribution < 1.29 is 13.6 Å². The number of carbonyl (C=O) groups is 1. The molecule has 0 fully saturated rings. The van der Waals surface area contributed by atoms with Crippen LogP contribution in [-0.4, -0.2) is 30.8 Å². The first kappa shape index (κ1) is 13.2. The number of likely N-dealkylation sites (N-methyl/N-ethyl adjacent to an activating group) is 1. The summed E-state index contributed by atoms with van der Waals surface area (Å²) in [6, 6.07) is 6.94. The molecule has 0 heterocycles. The lowest BCUT2D eigenvalue weighted by Gasteiger charge is -2.13. The number of anilines is 1. The average Bonchev–Trinajstić information content (AvgIpc) is 2.25. The predicted octanol–water partition coefficient (Wildman–Crippen LogP) is 2.01. The second-order valence-electron chi connectivity index (χ2n) is 3.61. The number of rotatable bonds is 4. The number of nitrogens with zero attached hydrogens (tertiary/aromatic N) is 1. The van der Waals surface area contributed by atoms with Crippen LogP contribution >= 0.6 is 0 Å². The van der Waals surface area contributed by atoms with Gasteiger partial charge in [0.1, 0.15) is 0 Å². The normalized spacial score (nSPS) is 11.1. The van der Waals surface area contributed by atoms with E-state index in [-0.39, 0.29) is 0 Å². The molecule has 3 nitrogen and oxygen atoms in total. The maximum Gasteiger partial charge on any atom is 0.255 e. The van der Waals surface area contributed by atoms with Crippen LogP contribution in [0.4, 0.5) is 14.5 Å². The third-order valence-electron chi connectivity index (χ3n) is 2.12. The molecule has 0 atom stereocenters. The summed E-state index contributed by atoms with van der Waals surface area (Å²) in [4.78, 5) is 12.4. The molecule has 1 aromatic rings. The van der Waals surface area contributed by atoms with Crippen molar-refractivity contribution in [1.82, 2.24) is 4.90 Å². The molecule has 17 heavy (non-hydrogen) atoms. The van der Waals surface area contributed by atoms with Crippen LogP contribution in [0, 0.1) is 0 Å². The van der Waals surface area contributed by atoms with Crippen molar-refractivity contribution in [2.45, 2.75) is 6.43 Å². The highest BCUT2D eigenvalue weighted by Crippen LogP contribution is 2.08. The van der Waals surface area contributed by atoms with Crippen LogP contribution in [0.2, 0.25) is 0 Å². The minimum atomic E-state index is -2.52. The highest BCUT2D eigenvalue weighted by atomic mass is 19.3. The Morgan fingerprint density at radius 2 is 2.24 bits per heavy atom. The number of carbonyl (C=O) groups excluding carboxylic acids is 1. The molecule has 0 aliphatic heterocycles. The van der Waals surface area contributed by atoms with Crippen molar-refractivity contribution in [3.63, 3.8) is 0 Å². The smallest absolute Gasteiger partial charge is 0.255 e. The fourth-order valence-electron chi connectivity index (χ4n) is 1.25. The van der Waals surface area contributed by atoms with Gasteiger partial charge in [-0.3, -0.25) is 4.79 Å². The van der Waals surface area contributed by atoms with Crippen LogP contribution in [0.25, 0.3) is 6.08 Å². The van der Waals surface area contributed by atoms with Gasteiger partial charge in [0.05, 0.1) is 6.54 Å². The minimum Gasteiger partial charge on any atom is -0.399 e. The minimum absolute atomic E-state index is 0.465. The number of hydrogen-bond acceptors (Lipinski definition) is 2. The number of amides is 1. The SMILES string of the molecule is CN(CC(F)F)C(=O)/C=C/c1cccc(N)c1. The number of hydrogen-bond donors (Lipinski definition) is 1. The van der Waals surface area contributed by atoms with Crippen LogP contribution < -0.4 is 5.73 Å². The van der Waals surface area contributed by atoms with Gasteiger partial charge in [0, 0.05) is 18.8 Å². The molecule has 0 unspecified atom stereocenters. The summed E-state index contributed by atoms with van der Waals surface area (Å²) in [6.45, 7) is -0.569. The number of alkyl halides is 2. The summed E-state index contributed by atoms with van der Waals surface area (Å²) in [5.74, 6) is -0.465. The quantitative estimate of drug-likeness (QED) is 0.646. The number of halogens is 2. The Hall–Kier alpha value is -1.91. The zero-order valence-corrected chi connectivity index (χ0v) is 9.44. The lowest BCUT2D eigenvalue weighted by atomic mass is 10.2. The fourth-order valence-corrected chi connectivity index (χ4v) is 1.25. The highest BCUT2D eigenvalue weighted by Gasteiger charge is 2.10. The van der Waals surface area contributed by atoms with E-state index in [9.17, 15) is 13.6 Å². The molecule has 0 spiro atoms. The Morgan fingerprint density at radius 3 is 2.82 bits per heavy atom. The van der Waals surface area contributed by atoms with E-state index in [1.54, 1.807) is 30.3 Å². The molecule has 2 N–H and O–H groups in total. The maximum absolute atomic E-state index is 12.0. The lowest BCUT2D eigenvalue weighted by molar-refractivity contribution is -0.126. The van der Waals surface area contributed by atoms with Gasteiger partial charge in [-0.25, -0.2) is 8.78 Å². The molecule has 0 saturated heterocycles. The summed E-state index contributed by atoms with van der Waals surface area (Å²) >= 11 is 0. The van der Waals surface area contributed by atoms with E-state index in [4.69, 9.17) is 5.73 Å². The van der Waals surface area contributed by atoms with E-state index in [1.807, 2.05) is 0 Å². The fraction of sp³-hybridized carbons (Fsp3) is 0.250. The van der Waals surface area contributed by atoms with Gasteiger partial charge in [-0.1, -0.05) is 12.1 Å². The van der Waals surface area contributed by atoms with E-state index in [1.165, 1.54) is 13.1 Å².